The lowest BCUT2D eigenvalue weighted by Gasteiger charge is -1.98. The Hall–Kier alpha value is -0.790. The Morgan fingerprint density at radius 2 is 1.71 bits per heavy atom. The van der Waals surface area contributed by atoms with E-state index in [9.17, 15) is 0 Å². The van der Waals surface area contributed by atoms with Crippen LogP contribution in [0.25, 0.3) is 10.9 Å². The monoisotopic (exact) mass is 229 g/mol. The number of aryl methyl sites for hydroxylation is 1. The van der Waals surface area contributed by atoms with Crippen molar-refractivity contribution in [2.75, 3.05) is 0 Å². The molecule has 0 bridgehead atoms. The summed E-state index contributed by atoms with van der Waals surface area (Å²) in [5.41, 5.74) is 2.26. The summed E-state index contributed by atoms with van der Waals surface area (Å²) < 4.78 is 0. The summed E-state index contributed by atoms with van der Waals surface area (Å²) in [5.74, 6) is 0. The van der Waals surface area contributed by atoms with Gasteiger partial charge in [0.2, 0.25) is 0 Å². The SMILES string of the molecule is CCc1ccc2ccccc2n1.Cl.Cl. The lowest BCUT2D eigenvalue weighted by Crippen LogP contribution is -1.86. The Bertz CT molecular complexity index is 401. The van der Waals surface area contributed by atoms with Gasteiger partial charge in [-0.1, -0.05) is 31.2 Å². The normalized spacial score (nSPS) is 8.93. The van der Waals surface area contributed by atoms with E-state index < -0.39 is 0 Å². The minimum atomic E-state index is 0. The number of rotatable bonds is 1. The van der Waals surface area contributed by atoms with E-state index in [1.165, 1.54) is 5.39 Å². The maximum absolute atomic E-state index is 4.49. The van der Waals surface area contributed by atoms with Crippen molar-refractivity contribution in [2.24, 2.45) is 0 Å². The van der Waals surface area contributed by atoms with Gasteiger partial charge in [0.1, 0.15) is 0 Å². The number of pyridine rings is 1. The smallest absolute Gasteiger partial charge is 0.0705 e. The van der Waals surface area contributed by atoms with Gasteiger partial charge < -0.3 is 0 Å². The summed E-state index contributed by atoms with van der Waals surface area (Å²) in [6.07, 6.45) is 1.00. The number of aromatic nitrogens is 1. The van der Waals surface area contributed by atoms with E-state index in [4.69, 9.17) is 0 Å². The maximum Gasteiger partial charge on any atom is 0.0705 e. The Labute approximate surface area is 96.4 Å². The van der Waals surface area contributed by atoms with Gasteiger partial charge in [-0.05, 0) is 18.6 Å². The lowest BCUT2D eigenvalue weighted by atomic mass is 10.2. The molecule has 0 aliphatic heterocycles. The van der Waals surface area contributed by atoms with E-state index in [-0.39, 0.29) is 24.8 Å². The Balaban J connectivity index is 0.000000845. The largest absolute Gasteiger partial charge is 0.253 e. The molecule has 0 spiro atoms. The second-order valence-electron chi connectivity index (χ2n) is 2.85. The van der Waals surface area contributed by atoms with Crippen molar-refractivity contribution in [3.8, 4) is 0 Å². The van der Waals surface area contributed by atoms with E-state index >= 15 is 0 Å². The summed E-state index contributed by atoms with van der Waals surface area (Å²) in [4.78, 5) is 4.49. The van der Waals surface area contributed by atoms with Gasteiger partial charge in [0.25, 0.3) is 0 Å². The van der Waals surface area contributed by atoms with Gasteiger partial charge in [-0.2, -0.15) is 0 Å². The molecule has 0 N–H and O–H groups in total. The minimum absolute atomic E-state index is 0. The highest BCUT2D eigenvalue weighted by Crippen LogP contribution is 2.11. The zero-order chi connectivity index (χ0) is 8.39. The van der Waals surface area contributed by atoms with E-state index in [0.717, 1.165) is 17.6 Å². The predicted molar refractivity (Wildman–Crippen MR) is 65.6 cm³/mol. The van der Waals surface area contributed by atoms with Gasteiger partial charge >= 0.3 is 0 Å². The molecule has 1 aromatic carbocycles. The molecule has 0 amide bonds. The van der Waals surface area contributed by atoms with Crippen molar-refractivity contribution in [1.29, 1.82) is 0 Å². The highest BCUT2D eigenvalue weighted by molar-refractivity contribution is 5.85. The van der Waals surface area contributed by atoms with Gasteiger partial charge in [-0.3, -0.25) is 4.98 Å². The molecule has 0 saturated carbocycles. The molecule has 2 rings (SSSR count). The molecule has 3 heteroatoms. The third kappa shape index (κ3) is 2.60. The van der Waals surface area contributed by atoms with Crippen LogP contribution in [0.1, 0.15) is 12.6 Å². The second-order valence-corrected chi connectivity index (χ2v) is 2.85. The van der Waals surface area contributed by atoms with E-state index in [1.807, 2.05) is 12.1 Å². The van der Waals surface area contributed by atoms with Crippen LogP contribution in [-0.4, -0.2) is 4.98 Å². The topological polar surface area (TPSA) is 12.9 Å². The van der Waals surface area contributed by atoms with Crippen LogP contribution >= 0.6 is 24.8 Å². The van der Waals surface area contributed by atoms with Crippen LogP contribution in [0.5, 0.6) is 0 Å². The standard InChI is InChI=1S/C11H11N.2ClH/c1-2-10-8-7-9-5-3-4-6-11(9)12-10;;/h3-8H,2H2,1H3;2*1H. The lowest BCUT2D eigenvalue weighted by molar-refractivity contribution is 1.06. The molecule has 14 heavy (non-hydrogen) atoms. The fourth-order valence-corrected chi connectivity index (χ4v) is 1.31. The first-order valence-electron chi connectivity index (χ1n) is 4.25. The third-order valence-electron chi connectivity index (χ3n) is 2.02. The first-order chi connectivity index (χ1) is 5.90. The molecule has 76 valence electrons. The summed E-state index contributed by atoms with van der Waals surface area (Å²) in [6, 6.07) is 12.4. The first kappa shape index (κ1) is 13.2. The molecule has 0 aliphatic carbocycles. The summed E-state index contributed by atoms with van der Waals surface area (Å²) in [6.45, 7) is 2.12. The van der Waals surface area contributed by atoms with E-state index in [1.54, 1.807) is 0 Å². The highest BCUT2D eigenvalue weighted by Gasteiger charge is 1.93. The molecule has 0 atom stereocenters. The molecule has 0 radical (unpaired) electrons. The maximum atomic E-state index is 4.49. The molecule has 0 fully saturated rings. The zero-order valence-electron chi connectivity index (χ0n) is 7.93. The number of hydrogen-bond acceptors (Lipinski definition) is 1. The summed E-state index contributed by atoms with van der Waals surface area (Å²) in [7, 11) is 0. The quantitative estimate of drug-likeness (QED) is 0.728. The van der Waals surface area contributed by atoms with Crippen molar-refractivity contribution in [3.05, 3.63) is 42.1 Å². The molecule has 1 heterocycles. The van der Waals surface area contributed by atoms with Crippen LogP contribution in [0.4, 0.5) is 0 Å². The predicted octanol–water partition coefficient (Wildman–Crippen LogP) is 3.64. The van der Waals surface area contributed by atoms with Gasteiger partial charge in [0.05, 0.1) is 5.52 Å². The highest BCUT2D eigenvalue weighted by atomic mass is 35.5. The molecule has 1 nitrogen and oxygen atoms in total. The molecular formula is C11H13Cl2N. The fourth-order valence-electron chi connectivity index (χ4n) is 1.31. The molecule has 0 unspecified atom stereocenters. The van der Waals surface area contributed by atoms with E-state index in [2.05, 4.69) is 36.2 Å². The number of halogens is 2. The molecule has 1 aromatic heterocycles. The molecule has 0 aliphatic rings. The second kappa shape index (κ2) is 5.84. The van der Waals surface area contributed by atoms with Crippen molar-refractivity contribution in [3.63, 3.8) is 0 Å². The number of hydrogen-bond donors (Lipinski definition) is 0. The van der Waals surface area contributed by atoms with Crippen LogP contribution in [0.15, 0.2) is 36.4 Å². The first-order valence-corrected chi connectivity index (χ1v) is 4.25. The van der Waals surface area contributed by atoms with Crippen LogP contribution < -0.4 is 0 Å². The van der Waals surface area contributed by atoms with Crippen LogP contribution in [0.3, 0.4) is 0 Å². The van der Waals surface area contributed by atoms with Crippen molar-refractivity contribution in [2.45, 2.75) is 13.3 Å². The van der Waals surface area contributed by atoms with Gasteiger partial charge in [0.15, 0.2) is 0 Å². The number of fused-ring (bicyclic) bond motifs is 1. The Morgan fingerprint density at radius 3 is 2.43 bits per heavy atom. The molecular weight excluding hydrogens is 217 g/mol. The Kier molecular flexibility index (Phi) is 5.51. The van der Waals surface area contributed by atoms with Crippen molar-refractivity contribution >= 4 is 35.7 Å². The van der Waals surface area contributed by atoms with Crippen LogP contribution in [-0.2, 0) is 6.42 Å². The molecule has 0 saturated heterocycles. The van der Waals surface area contributed by atoms with Crippen LogP contribution in [0, 0.1) is 0 Å². The number of para-hydroxylation sites is 1. The average molecular weight is 230 g/mol. The number of nitrogens with zero attached hydrogens (tertiary/aromatic N) is 1. The van der Waals surface area contributed by atoms with Crippen molar-refractivity contribution in [1.82, 2.24) is 4.98 Å². The number of benzene rings is 1. The summed E-state index contributed by atoms with van der Waals surface area (Å²) in [5, 5.41) is 1.22. The average Bonchev–Trinajstić information content (AvgIpc) is 2.17. The summed E-state index contributed by atoms with van der Waals surface area (Å²) >= 11 is 0. The zero-order valence-corrected chi connectivity index (χ0v) is 9.57. The minimum Gasteiger partial charge on any atom is -0.253 e. The van der Waals surface area contributed by atoms with Crippen molar-refractivity contribution < 1.29 is 0 Å². The third-order valence-corrected chi connectivity index (χ3v) is 2.02. The molecule has 2 aromatic rings. The Morgan fingerprint density at radius 1 is 1.00 bits per heavy atom. The van der Waals surface area contributed by atoms with Gasteiger partial charge in [0, 0.05) is 11.1 Å². The van der Waals surface area contributed by atoms with Gasteiger partial charge in [-0.25, -0.2) is 0 Å². The van der Waals surface area contributed by atoms with Crippen LogP contribution in [0.2, 0.25) is 0 Å². The van der Waals surface area contributed by atoms with Gasteiger partial charge in [-0.15, -0.1) is 24.8 Å². The van der Waals surface area contributed by atoms with E-state index in [0.29, 0.717) is 0 Å². The fraction of sp³-hybridized carbons (Fsp3) is 0.182.